The summed E-state index contributed by atoms with van der Waals surface area (Å²) in [6.07, 6.45) is 8.98. The molecule has 0 spiro atoms. The third-order valence-electron chi connectivity index (χ3n) is 3.10. The maximum absolute atomic E-state index is 9.89. The van der Waals surface area contributed by atoms with Crippen LogP contribution >= 0.6 is 0 Å². The van der Waals surface area contributed by atoms with E-state index in [0.717, 1.165) is 18.4 Å². The van der Waals surface area contributed by atoms with Crippen LogP contribution in [0.3, 0.4) is 0 Å². The van der Waals surface area contributed by atoms with Gasteiger partial charge in [0.1, 0.15) is 0 Å². The minimum Gasteiger partial charge on any atom is -0.389 e. The summed E-state index contributed by atoms with van der Waals surface area (Å²) in [7, 11) is 0. The lowest BCUT2D eigenvalue weighted by Crippen LogP contribution is -2.03. The zero-order chi connectivity index (χ0) is 14.0. The van der Waals surface area contributed by atoms with Gasteiger partial charge >= 0.3 is 0 Å². The first-order valence-electron chi connectivity index (χ1n) is 6.96. The predicted octanol–water partition coefficient (Wildman–Crippen LogP) is 4.25. The molecule has 102 valence electrons. The van der Waals surface area contributed by atoms with E-state index in [0.29, 0.717) is 0 Å². The second kappa shape index (κ2) is 8.13. The van der Waals surface area contributed by atoms with E-state index in [4.69, 9.17) is 0 Å². The lowest BCUT2D eigenvalue weighted by Gasteiger charge is -2.04. The van der Waals surface area contributed by atoms with Crippen molar-refractivity contribution < 1.29 is 5.11 Å². The zero-order valence-corrected chi connectivity index (χ0v) is 11.5. The molecule has 0 unspecified atom stereocenters. The maximum atomic E-state index is 9.89. The third kappa shape index (κ3) is 5.25. The quantitative estimate of drug-likeness (QED) is 0.773. The molecular weight excluding hydrogens is 244 g/mol. The van der Waals surface area contributed by atoms with Crippen LogP contribution < -0.4 is 0 Å². The van der Waals surface area contributed by atoms with E-state index in [1.54, 1.807) is 0 Å². The van der Waals surface area contributed by atoms with E-state index < -0.39 is 6.10 Å². The lowest BCUT2D eigenvalue weighted by molar-refractivity contribution is 0.213. The monoisotopic (exact) mass is 264 g/mol. The van der Waals surface area contributed by atoms with E-state index in [-0.39, 0.29) is 0 Å². The number of aryl methyl sites for hydroxylation is 1. The Labute approximate surface area is 120 Å². The predicted molar refractivity (Wildman–Crippen MR) is 85.4 cm³/mol. The fraction of sp³-hybridized carbons (Fsp3) is 0.158. The van der Waals surface area contributed by atoms with Crippen LogP contribution in [-0.4, -0.2) is 11.2 Å². The molecule has 0 heterocycles. The van der Waals surface area contributed by atoms with Gasteiger partial charge in [-0.25, -0.2) is 0 Å². The van der Waals surface area contributed by atoms with Crippen molar-refractivity contribution in [3.63, 3.8) is 0 Å². The molecule has 0 aliphatic rings. The van der Waals surface area contributed by atoms with E-state index in [9.17, 15) is 5.11 Å². The minimum absolute atomic E-state index is 0.393. The molecular formula is C19H20O. The number of allylic oxidation sites excluding steroid dienone is 2. The van der Waals surface area contributed by atoms with Gasteiger partial charge in [0.15, 0.2) is 0 Å². The Bertz CT molecular complexity index is 540. The normalized spacial score (nSPS) is 13.1. The van der Waals surface area contributed by atoms with Crippen LogP contribution in [-0.2, 0) is 6.42 Å². The number of aliphatic hydroxyl groups is 1. The highest BCUT2D eigenvalue weighted by Gasteiger charge is 1.99. The van der Waals surface area contributed by atoms with Crippen molar-refractivity contribution in [2.45, 2.75) is 18.9 Å². The fourth-order valence-electron chi connectivity index (χ4n) is 1.98. The maximum Gasteiger partial charge on any atom is 0.0727 e. The van der Waals surface area contributed by atoms with Crippen LogP contribution in [0.2, 0.25) is 0 Å². The number of hydrogen-bond acceptors (Lipinski definition) is 1. The van der Waals surface area contributed by atoms with Crippen molar-refractivity contribution in [1.29, 1.82) is 0 Å². The second-order valence-electron chi connectivity index (χ2n) is 4.75. The van der Waals surface area contributed by atoms with Gasteiger partial charge in [0.05, 0.1) is 6.10 Å². The van der Waals surface area contributed by atoms with Crippen LogP contribution in [0.25, 0.3) is 6.08 Å². The van der Waals surface area contributed by atoms with Gasteiger partial charge in [-0.05, 0) is 24.0 Å². The topological polar surface area (TPSA) is 20.2 Å². The molecule has 2 aromatic rings. The first kappa shape index (κ1) is 14.3. The van der Waals surface area contributed by atoms with Crippen LogP contribution in [0.5, 0.6) is 0 Å². The summed E-state index contributed by atoms with van der Waals surface area (Å²) in [5.41, 5.74) is 2.43. The SMILES string of the molecule is O[C@H](C=CC=Cc1ccccc1)CCc1ccccc1. The van der Waals surface area contributed by atoms with Crippen LogP contribution in [0, 0.1) is 0 Å². The van der Waals surface area contributed by atoms with Gasteiger partial charge < -0.3 is 5.11 Å². The standard InChI is InChI=1S/C19H20O/c20-19(16-15-18-11-5-2-6-12-18)14-8-7-13-17-9-3-1-4-10-17/h1-14,19-20H,15-16H2/t19-/m1/s1. The molecule has 0 radical (unpaired) electrons. The van der Waals surface area contributed by atoms with Gasteiger partial charge in [0, 0.05) is 0 Å². The largest absolute Gasteiger partial charge is 0.389 e. The molecule has 1 heteroatoms. The van der Waals surface area contributed by atoms with Crippen molar-refractivity contribution >= 4 is 6.08 Å². The van der Waals surface area contributed by atoms with Crippen LogP contribution in [0.4, 0.5) is 0 Å². The van der Waals surface area contributed by atoms with Gasteiger partial charge in [-0.1, -0.05) is 85.0 Å². The minimum atomic E-state index is -0.393. The first-order chi connectivity index (χ1) is 9.84. The fourth-order valence-corrected chi connectivity index (χ4v) is 1.98. The van der Waals surface area contributed by atoms with Gasteiger partial charge in [0.25, 0.3) is 0 Å². The molecule has 0 fully saturated rings. The number of aliphatic hydroxyl groups excluding tert-OH is 1. The van der Waals surface area contributed by atoms with E-state index >= 15 is 0 Å². The van der Waals surface area contributed by atoms with E-state index in [2.05, 4.69) is 24.3 Å². The molecule has 0 bridgehead atoms. The number of hydrogen-bond donors (Lipinski definition) is 1. The molecule has 0 aromatic heterocycles. The van der Waals surface area contributed by atoms with Gasteiger partial charge in [-0.3, -0.25) is 0 Å². The van der Waals surface area contributed by atoms with Crippen molar-refractivity contribution in [1.82, 2.24) is 0 Å². The molecule has 0 aliphatic carbocycles. The Kier molecular flexibility index (Phi) is 5.81. The van der Waals surface area contributed by atoms with Crippen molar-refractivity contribution in [2.24, 2.45) is 0 Å². The summed E-state index contributed by atoms with van der Waals surface area (Å²) in [4.78, 5) is 0. The highest BCUT2D eigenvalue weighted by Crippen LogP contribution is 2.06. The van der Waals surface area contributed by atoms with Crippen molar-refractivity contribution in [3.8, 4) is 0 Å². The summed E-state index contributed by atoms with van der Waals surface area (Å²) in [6.45, 7) is 0. The molecule has 1 nitrogen and oxygen atoms in total. The smallest absolute Gasteiger partial charge is 0.0727 e. The Hall–Kier alpha value is -2.12. The molecule has 0 saturated heterocycles. The number of benzene rings is 2. The Morgan fingerprint density at radius 2 is 1.50 bits per heavy atom. The van der Waals surface area contributed by atoms with Crippen molar-refractivity contribution in [3.05, 3.63) is 90.0 Å². The molecule has 0 amide bonds. The average molecular weight is 264 g/mol. The molecule has 2 aromatic carbocycles. The Morgan fingerprint density at radius 3 is 2.20 bits per heavy atom. The Morgan fingerprint density at radius 1 is 0.850 bits per heavy atom. The molecule has 1 N–H and O–H groups in total. The second-order valence-corrected chi connectivity index (χ2v) is 4.75. The molecule has 0 saturated carbocycles. The Balaban J connectivity index is 1.75. The number of rotatable bonds is 6. The summed E-state index contributed by atoms with van der Waals surface area (Å²) in [5.74, 6) is 0. The highest BCUT2D eigenvalue weighted by molar-refractivity contribution is 5.50. The lowest BCUT2D eigenvalue weighted by atomic mass is 10.1. The highest BCUT2D eigenvalue weighted by atomic mass is 16.3. The summed E-state index contributed by atoms with van der Waals surface area (Å²) >= 11 is 0. The molecule has 2 rings (SSSR count). The average Bonchev–Trinajstić information content (AvgIpc) is 2.52. The molecule has 20 heavy (non-hydrogen) atoms. The third-order valence-corrected chi connectivity index (χ3v) is 3.10. The van der Waals surface area contributed by atoms with Crippen molar-refractivity contribution in [2.75, 3.05) is 0 Å². The van der Waals surface area contributed by atoms with Gasteiger partial charge in [-0.15, -0.1) is 0 Å². The summed E-state index contributed by atoms with van der Waals surface area (Å²) in [5, 5.41) is 9.89. The van der Waals surface area contributed by atoms with Gasteiger partial charge in [0.2, 0.25) is 0 Å². The van der Waals surface area contributed by atoms with Crippen LogP contribution in [0.1, 0.15) is 17.5 Å². The van der Waals surface area contributed by atoms with E-state index in [1.165, 1.54) is 5.56 Å². The van der Waals surface area contributed by atoms with E-state index in [1.807, 2.05) is 60.7 Å². The molecule has 1 atom stereocenters. The van der Waals surface area contributed by atoms with Gasteiger partial charge in [-0.2, -0.15) is 0 Å². The first-order valence-corrected chi connectivity index (χ1v) is 6.96. The summed E-state index contributed by atoms with van der Waals surface area (Å²) < 4.78 is 0. The summed E-state index contributed by atoms with van der Waals surface area (Å²) in [6, 6.07) is 20.4. The van der Waals surface area contributed by atoms with Crippen LogP contribution in [0.15, 0.2) is 78.9 Å². The molecule has 0 aliphatic heterocycles. The zero-order valence-electron chi connectivity index (χ0n) is 11.5.